The molecule has 0 radical (unpaired) electrons. The normalized spacial score (nSPS) is 9.27. The molecule has 0 aliphatic heterocycles. The molecule has 0 bridgehead atoms. The number of hydrogen-bond acceptors (Lipinski definition) is 4. The first-order chi connectivity index (χ1) is 5.24. The fraction of sp³-hybridized carbons (Fsp3) is 0.167. The predicted molar refractivity (Wildman–Crippen MR) is 46.1 cm³/mol. The number of halogens is 1. The van der Waals surface area contributed by atoms with Crippen molar-refractivity contribution >= 4 is 28.6 Å². The van der Waals surface area contributed by atoms with Gasteiger partial charge in [0.25, 0.3) is 0 Å². The van der Waals surface area contributed by atoms with E-state index in [1.54, 1.807) is 6.20 Å². The van der Waals surface area contributed by atoms with Crippen molar-refractivity contribution in [2.45, 2.75) is 0 Å². The molecule has 58 valence electrons. The van der Waals surface area contributed by atoms with Crippen molar-refractivity contribution < 1.29 is 9.53 Å². The third kappa shape index (κ3) is 2.11. The number of aromatic nitrogens is 2. The van der Waals surface area contributed by atoms with Gasteiger partial charge in [0.1, 0.15) is 3.70 Å². The minimum absolute atomic E-state index is 0.236. The lowest BCUT2D eigenvalue weighted by molar-refractivity contribution is 0.0593. The van der Waals surface area contributed by atoms with E-state index in [2.05, 4.69) is 14.7 Å². The first-order valence-electron chi connectivity index (χ1n) is 2.80. The zero-order valence-corrected chi connectivity index (χ0v) is 7.90. The third-order valence-electron chi connectivity index (χ3n) is 1.000. The maximum absolute atomic E-state index is 10.8. The second-order valence-electron chi connectivity index (χ2n) is 1.72. The number of nitrogens with zero attached hydrogens (tertiary/aromatic N) is 2. The summed E-state index contributed by atoms with van der Waals surface area (Å²) in [6, 6.07) is 0. The number of esters is 1. The van der Waals surface area contributed by atoms with Crippen LogP contribution in [0.5, 0.6) is 0 Å². The van der Waals surface area contributed by atoms with Crippen LogP contribution in [-0.4, -0.2) is 23.0 Å². The quantitative estimate of drug-likeness (QED) is 0.557. The molecular formula is C6H5IN2O2. The summed E-state index contributed by atoms with van der Waals surface area (Å²) in [5.41, 5.74) is 0.236. The molecule has 11 heavy (non-hydrogen) atoms. The van der Waals surface area contributed by atoms with E-state index in [0.29, 0.717) is 3.70 Å². The van der Waals surface area contributed by atoms with Crippen LogP contribution in [0.1, 0.15) is 10.5 Å². The van der Waals surface area contributed by atoms with Gasteiger partial charge in [-0.15, -0.1) is 0 Å². The predicted octanol–water partition coefficient (Wildman–Crippen LogP) is 0.868. The summed E-state index contributed by atoms with van der Waals surface area (Å²) in [6.07, 6.45) is 2.93. The highest BCUT2D eigenvalue weighted by molar-refractivity contribution is 14.1. The van der Waals surface area contributed by atoms with Gasteiger partial charge in [-0.2, -0.15) is 0 Å². The second kappa shape index (κ2) is 3.61. The highest BCUT2D eigenvalue weighted by Crippen LogP contribution is 2.00. The Morgan fingerprint density at radius 2 is 2.36 bits per heavy atom. The van der Waals surface area contributed by atoms with Crippen molar-refractivity contribution in [3.63, 3.8) is 0 Å². The van der Waals surface area contributed by atoms with Gasteiger partial charge in [0, 0.05) is 0 Å². The van der Waals surface area contributed by atoms with Crippen LogP contribution in [-0.2, 0) is 4.74 Å². The molecule has 0 saturated heterocycles. The molecule has 0 saturated carbocycles. The summed E-state index contributed by atoms with van der Waals surface area (Å²) in [7, 11) is 1.31. The Morgan fingerprint density at radius 3 is 2.91 bits per heavy atom. The molecule has 1 heterocycles. The first kappa shape index (κ1) is 8.38. The summed E-state index contributed by atoms with van der Waals surface area (Å²) in [5, 5.41) is 0. The number of ether oxygens (including phenoxy) is 1. The molecule has 5 heteroatoms. The summed E-state index contributed by atoms with van der Waals surface area (Å²) in [4.78, 5) is 18.5. The molecule has 0 amide bonds. The zero-order valence-electron chi connectivity index (χ0n) is 5.74. The third-order valence-corrected chi connectivity index (χ3v) is 1.52. The Labute approximate surface area is 77.1 Å². The molecular weight excluding hydrogens is 259 g/mol. The van der Waals surface area contributed by atoms with Crippen LogP contribution in [0.2, 0.25) is 0 Å². The molecule has 0 aromatic carbocycles. The summed E-state index contributed by atoms with van der Waals surface area (Å²) < 4.78 is 5.12. The van der Waals surface area contributed by atoms with Crippen LogP contribution in [0.25, 0.3) is 0 Å². The van der Waals surface area contributed by atoms with Gasteiger partial charge < -0.3 is 4.74 Å². The van der Waals surface area contributed by atoms with Crippen molar-refractivity contribution in [2.24, 2.45) is 0 Å². The highest BCUT2D eigenvalue weighted by Gasteiger charge is 2.06. The molecule has 0 fully saturated rings. The number of rotatable bonds is 1. The van der Waals surface area contributed by atoms with E-state index >= 15 is 0 Å². The molecule has 4 nitrogen and oxygen atoms in total. The van der Waals surface area contributed by atoms with Gasteiger partial charge in [-0.25, -0.2) is 9.78 Å². The van der Waals surface area contributed by atoms with E-state index < -0.39 is 5.97 Å². The van der Waals surface area contributed by atoms with Gasteiger partial charge in [-0.05, 0) is 22.6 Å². The SMILES string of the molecule is COC(=O)c1cncc(I)n1. The lowest BCUT2D eigenvalue weighted by Gasteiger charge is -1.96. The van der Waals surface area contributed by atoms with Crippen molar-refractivity contribution in [2.75, 3.05) is 7.11 Å². The molecule has 0 unspecified atom stereocenters. The van der Waals surface area contributed by atoms with Crippen LogP contribution in [0, 0.1) is 3.70 Å². The molecule has 1 aromatic rings. The molecule has 0 atom stereocenters. The van der Waals surface area contributed by atoms with Gasteiger partial charge in [0.05, 0.1) is 19.5 Å². The molecule has 1 aromatic heterocycles. The Kier molecular flexibility index (Phi) is 2.75. The van der Waals surface area contributed by atoms with E-state index in [1.807, 2.05) is 22.6 Å². The van der Waals surface area contributed by atoms with Gasteiger partial charge in [0.2, 0.25) is 0 Å². The summed E-state index contributed by atoms with van der Waals surface area (Å²) >= 11 is 1.97. The minimum Gasteiger partial charge on any atom is -0.464 e. The molecule has 1 rings (SSSR count). The van der Waals surface area contributed by atoms with E-state index in [1.165, 1.54) is 13.3 Å². The minimum atomic E-state index is -0.462. The Balaban J connectivity index is 2.96. The number of methoxy groups -OCH3 is 1. The van der Waals surface area contributed by atoms with E-state index in [-0.39, 0.29) is 5.69 Å². The summed E-state index contributed by atoms with van der Waals surface area (Å²) in [6.45, 7) is 0. The Bertz CT molecular complexity index is 277. The average molecular weight is 264 g/mol. The zero-order chi connectivity index (χ0) is 8.27. The number of hydrogen-bond donors (Lipinski definition) is 0. The smallest absolute Gasteiger partial charge is 0.358 e. The van der Waals surface area contributed by atoms with Gasteiger partial charge in [-0.3, -0.25) is 4.98 Å². The van der Waals surface area contributed by atoms with Crippen LogP contribution in [0.4, 0.5) is 0 Å². The van der Waals surface area contributed by atoms with Crippen LogP contribution in [0.15, 0.2) is 12.4 Å². The van der Waals surface area contributed by atoms with Gasteiger partial charge in [0.15, 0.2) is 5.69 Å². The van der Waals surface area contributed by atoms with E-state index in [9.17, 15) is 4.79 Å². The molecule has 0 aliphatic rings. The lowest BCUT2D eigenvalue weighted by Crippen LogP contribution is -2.05. The fourth-order valence-corrected chi connectivity index (χ4v) is 0.966. The van der Waals surface area contributed by atoms with Crippen molar-refractivity contribution in [1.82, 2.24) is 9.97 Å². The van der Waals surface area contributed by atoms with Crippen LogP contribution in [0.3, 0.4) is 0 Å². The second-order valence-corrected chi connectivity index (χ2v) is 2.82. The molecule has 0 spiro atoms. The Hall–Kier alpha value is -0.720. The van der Waals surface area contributed by atoms with E-state index in [0.717, 1.165) is 0 Å². The van der Waals surface area contributed by atoms with Crippen molar-refractivity contribution in [3.8, 4) is 0 Å². The average Bonchev–Trinajstić information content (AvgIpc) is 2.03. The van der Waals surface area contributed by atoms with Crippen molar-refractivity contribution in [1.29, 1.82) is 0 Å². The van der Waals surface area contributed by atoms with Crippen LogP contribution < -0.4 is 0 Å². The largest absolute Gasteiger partial charge is 0.464 e. The van der Waals surface area contributed by atoms with Gasteiger partial charge >= 0.3 is 5.97 Å². The van der Waals surface area contributed by atoms with Crippen LogP contribution >= 0.6 is 22.6 Å². The topological polar surface area (TPSA) is 52.1 Å². The molecule has 0 N–H and O–H groups in total. The number of carbonyl (C=O) groups excluding carboxylic acids is 1. The van der Waals surface area contributed by atoms with Crippen molar-refractivity contribution in [3.05, 3.63) is 21.8 Å². The first-order valence-corrected chi connectivity index (χ1v) is 3.88. The standard InChI is InChI=1S/C6H5IN2O2/c1-11-6(10)4-2-8-3-5(7)9-4/h2-3H,1H3. The summed E-state index contributed by atoms with van der Waals surface area (Å²) in [5.74, 6) is -0.462. The monoisotopic (exact) mass is 264 g/mol. The lowest BCUT2D eigenvalue weighted by atomic mass is 10.5. The van der Waals surface area contributed by atoms with E-state index in [4.69, 9.17) is 0 Å². The highest BCUT2D eigenvalue weighted by atomic mass is 127. The number of carbonyl (C=O) groups is 1. The maximum atomic E-state index is 10.8. The Morgan fingerprint density at radius 1 is 1.64 bits per heavy atom. The van der Waals surface area contributed by atoms with Gasteiger partial charge in [-0.1, -0.05) is 0 Å². The fourth-order valence-electron chi connectivity index (χ4n) is 0.545. The molecule has 0 aliphatic carbocycles. The maximum Gasteiger partial charge on any atom is 0.358 e.